The molecule has 1 amide bonds. The first-order valence-corrected chi connectivity index (χ1v) is 5.88. The summed E-state index contributed by atoms with van der Waals surface area (Å²) in [6, 6.07) is -1.68. The summed E-state index contributed by atoms with van der Waals surface area (Å²) >= 11 is 0. The van der Waals surface area contributed by atoms with Crippen molar-refractivity contribution >= 4 is 17.8 Å². The lowest BCUT2D eigenvalue weighted by Gasteiger charge is -2.11. The first-order chi connectivity index (χ1) is 8.63. The van der Waals surface area contributed by atoms with E-state index in [2.05, 4.69) is 0 Å². The van der Waals surface area contributed by atoms with Crippen LogP contribution in [0, 0.1) is 5.92 Å². The molecule has 8 N–H and O–H groups in total. The molecule has 1 unspecified atom stereocenters. The first kappa shape index (κ1) is 19.7. The molecule has 0 saturated heterocycles. The fraction of sp³-hybridized carbons (Fsp3) is 0.727. The topological polar surface area (TPSA) is 170 Å². The van der Waals surface area contributed by atoms with E-state index in [-0.39, 0.29) is 18.8 Å². The molecule has 8 nitrogen and oxygen atoms in total. The largest absolute Gasteiger partial charge is 0.480 e. The number of rotatable bonds is 7. The highest BCUT2D eigenvalue weighted by molar-refractivity contribution is 5.77. The molecule has 0 saturated carbocycles. The van der Waals surface area contributed by atoms with Gasteiger partial charge in [0.15, 0.2) is 0 Å². The van der Waals surface area contributed by atoms with Gasteiger partial charge in [-0.2, -0.15) is 0 Å². The Morgan fingerprint density at radius 2 is 1.58 bits per heavy atom. The van der Waals surface area contributed by atoms with E-state index in [9.17, 15) is 14.4 Å². The summed E-state index contributed by atoms with van der Waals surface area (Å²) in [5.41, 5.74) is 15.1. The van der Waals surface area contributed by atoms with Crippen LogP contribution in [0.15, 0.2) is 0 Å². The maximum absolute atomic E-state index is 10.2. The molecule has 19 heavy (non-hydrogen) atoms. The highest BCUT2D eigenvalue weighted by atomic mass is 16.4. The number of nitrogens with two attached hydrogens (primary N) is 3. The average Bonchev–Trinajstić information content (AvgIpc) is 2.34. The molecule has 8 heteroatoms. The van der Waals surface area contributed by atoms with Crippen molar-refractivity contribution in [1.82, 2.24) is 0 Å². The van der Waals surface area contributed by atoms with Crippen molar-refractivity contribution in [3.63, 3.8) is 0 Å². The maximum Gasteiger partial charge on any atom is 0.320 e. The van der Waals surface area contributed by atoms with Crippen molar-refractivity contribution in [3.05, 3.63) is 0 Å². The van der Waals surface area contributed by atoms with Gasteiger partial charge in [-0.25, -0.2) is 0 Å². The van der Waals surface area contributed by atoms with Crippen molar-refractivity contribution in [1.29, 1.82) is 0 Å². The zero-order chi connectivity index (χ0) is 15.6. The van der Waals surface area contributed by atoms with Crippen LogP contribution in [-0.4, -0.2) is 40.1 Å². The quantitative estimate of drug-likeness (QED) is 0.401. The molecule has 112 valence electrons. The Hall–Kier alpha value is -1.67. The number of carboxylic acids is 2. The zero-order valence-electron chi connectivity index (χ0n) is 11.2. The summed E-state index contributed by atoms with van der Waals surface area (Å²) in [6.45, 7) is 3.76. The number of carboxylic acid groups (broad SMARTS) is 2. The van der Waals surface area contributed by atoms with Gasteiger partial charge in [0.25, 0.3) is 0 Å². The highest BCUT2D eigenvalue weighted by Gasteiger charge is 2.17. The lowest BCUT2D eigenvalue weighted by Crippen LogP contribution is -2.36. The van der Waals surface area contributed by atoms with E-state index in [1.165, 1.54) is 0 Å². The minimum Gasteiger partial charge on any atom is -0.480 e. The van der Waals surface area contributed by atoms with Crippen LogP contribution >= 0.6 is 0 Å². The Morgan fingerprint density at radius 1 is 1.11 bits per heavy atom. The molecule has 0 aromatic heterocycles. The van der Waals surface area contributed by atoms with Gasteiger partial charge in [-0.3, -0.25) is 14.4 Å². The van der Waals surface area contributed by atoms with Crippen LogP contribution in [0.3, 0.4) is 0 Å². The predicted molar refractivity (Wildman–Crippen MR) is 69.1 cm³/mol. The Balaban J connectivity index is 0. The van der Waals surface area contributed by atoms with E-state index < -0.39 is 29.9 Å². The average molecular weight is 277 g/mol. The third kappa shape index (κ3) is 11.2. The number of carbonyl (C=O) groups is 3. The molecule has 0 aromatic rings. The number of aliphatic carboxylic acids is 2. The Kier molecular flexibility index (Phi) is 10.6. The molecule has 3 atom stereocenters. The summed E-state index contributed by atoms with van der Waals surface area (Å²) in [7, 11) is 0. The van der Waals surface area contributed by atoms with Gasteiger partial charge in [-0.05, 0) is 12.3 Å². The van der Waals surface area contributed by atoms with Gasteiger partial charge < -0.3 is 27.4 Å². The molecule has 0 aromatic carbocycles. The first-order valence-electron chi connectivity index (χ1n) is 5.88. The molecule has 0 heterocycles. The van der Waals surface area contributed by atoms with Crippen molar-refractivity contribution in [2.24, 2.45) is 23.1 Å². The molecule has 0 rings (SSSR count). The number of hydrogen-bond acceptors (Lipinski definition) is 5. The maximum atomic E-state index is 10.2. The van der Waals surface area contributed by atoms with Crippen LogP contribution in [0.4, 0.5) is 0 Å². The minimum absolute atomic E-state index is 0.0213. The van der Waals surface area contributed by atoms with Crippen molar-refractivity contribution in [3.8, 4) is 0 Å². The summed E-state index contributed by atoms with van der Waals surface area (Å²) < 4.78 is 0. The van der Waals surface area contributed by atoms with E-state index in [0.717, 1.165) is 6.42 Å². The third-order valence-electron chi connectivity index (χ3n) is 2.56. The second kappa shape index (κ2) is 10.3. The van der Waals surface area contributed by atoms with Gasteiger partial charge in [0.1, 0.15) is 12.1 Å². The Bertz CT molecular complexity index is 309. The molecule has 0 aliphatic heterocycles. The second-order valence-electron chi connectivity index (χ2n) is 4.20. The fourth-order valence-corrected chi connectivity index (χ4v) is 0.919. The molecular formula is C11H23N3O5. The van der Waals surface area contributed by atoms with E-state index in [1.807, 2.05) is 13.8 Å². The molecule has 0 aliphatic rings. The number of primary amides is 1. The van der Waals surface area contributed by atoms with Crippen molar-refractivity contribution in [2.45, 2.75) is 45.2 Å². The lowest BCUT2D eigenvalue weighted by molar-refractivity contribution is -0.140. The third-order valence-corrected chi connectivity index (χ3v) is 2.56. The van der Waals surface area contributed by atoms with Gasteiger partial charge in [0, 0.05) is 6.42 Å². The highest BCUT2D eigenvalue weighted by Crippen LogP contribution is 2.04. The number of carbonyl (C=O) groups excluding carboxylic acids is 1. The van der Waals surface area contributed by atoms with E-state index in [0.29, 0.717) is 0 Å². The zero-order valence-corrected chi connectivity index (χ0v) is 11.2. The van der Waals surface area contributed by atoms with Crippen LogP contribution < -0.4 is 17.2 Å². The Morgan fingerprint density at radius 3 is 1.79 bits per heavy atom. The van der Waals surface area contributed by atoms with Crippen LogP contribution in [0.1, 0.15) is 33.1 Å². The van der Waals surface area contributed by atoms with Gasteiger partial charge in [0.05, 0.1) is 0 Å². The van der Waals surface area contributed by atoms with Crippen molar-refractivity contribution < 1.29 is 24.6 Å². The number of amides is 1. The monoisotopic (exact) mass is 277 g/mol. The SMILES string of the molecule is CCC(C)[C@H](N)C(=O)O.NC(=O)CC[C@@H](N)C(=O)O. The standard InChI is InChI=1S/C6H13NO2.C5H10N2O3/c1-3-4(2)5(7)6(8)9;6-3(5(9)10)1-2-4(7)8/h4-5H,3,7H2,1-2H3,(H,8,9);3H,1-2,6H2,(H2,7,8)(H,9,10)/t4?,5-;3-/m01/s1. The fourth-order valence-electron chi connectivity index (χ4n) is 0.919. The van der Waals surface area contributed by atoms with Gasteiger partial charge in [-0.1, -0.05) is 20.3 Å². The summed E-state index contributed by atoms with van der Waals surface area (Å²) in [6.07, 6.45) is 0.936. The Labute approximate surface area is 111 Å². The van der Waals surface area contributed by atoms with Crippen LogP contribution in [0.25, 0.3) is 0 Å². The van der Waals surface area contributed by atoms with Crippen molar-refractivity contribution in [2.75, 3.05) is 0 Å². The predicted octanol–water partition coefficient (Wildman–Crippen LogP) is -0.892. The van der Waals surface area contributed by atoms with E-state index >= 15 is 0 Å². The van der Waals surface area contributed by atoms with Crippen LogP contribution in [0.2, 0.25) is 0 Å². The molecule has 0 bridgehead atoms. The summed E-state index contributed by atoms with van der Waals surface area (Å²) in [4.78, 5) is 30.3. The summed E-state index contributed by atoms with van der Waals surface area (Å²) in [5, 5.41) is 16.6. The van der Waals surface area contributed by atoms with E-state index in [4.69, 9.17) is 27.4 Å². The number of hydrogen-bond donors (Lipinski definition) is 5. The molecule has 0 aliphatic carbocycles. The lowest BCUT2D eigenvalue weighted by atomic mass is 10.0. The molecular weight excluding hydrogens is 254 g/mol. The van der Waals surface area contributed by atoms with Gasteiger partial charge in [-0.15, -0.1) is 0 Å². The van der Waals surface area contributed by atoms with Crippen LogP contribution in [0.5, 0.6) is 0 Å². The molecule has 0 radical (unpaired) electrons. The molecule has 0 spiro atoms. The summed E-state index contributed by atoms with van der Waals surface area (Å²) in [5.74, 6) is -2.48. The molecule has 0 fully saturated rings. The van der Waals surface area contributed by atoms with Gasteiger partial charge in [0.2, 0.25) is 5.91 Å². The van der Waals surface area contributed by atoms with Crippen LogP contribution in [-0.2, 0) is 14.4 Å². The van der Waals surface area contributed by atoms with E-state index in [1.54, 1.807) is 0 Å². The minimum atomic E-state index is -1.11. The normalized spacial score (nSPS) is 14.5. The second-order valence-corrected chi connectivity index (χ2v) is 4.20. The smallest absolute Gasteiger partial charge is 0.320 e. The van der Waals surface area contributed by atoms with Gasteiger partial charge >= 0.3 is 11.9 Å².